The van der Waals surface area contributed by atoms with Crippen LogP contribution in [0, 0.1) is 0 Å². The first-order chi connectivity index (χ1) is 2.64. The predicted molar refractivity (Wildman–Crippen MR) is 24.3 cm³/mol. The van der Waals surface area contributed by atoms with Gasteiger partial charge in [0, 0.05) is 16.8 Å². The van der Waals surface area contributed by atoms with Crippen LogP contribution in [0.5, 0.6) is 0 Å². The van der Waals surface area contributed by atoms with E-state index in [2.05, 4.69) is 0 Å². The molecule has 0 saturated carbocycles. The molecule has 8 heavy (non-hydrogen) atoms. The van der Waals surface area contributed by atoms with Gasteiger partial charge in [-0.25, -0.2) is 4.79 Å². The van der Waals surface area contributed by atoms with Crippen LogP contribution in [0.2, 0.25) is 0 Å². The average molecular weight is 166 g/mol. The molecule has 0 saturated heterocycles. The molecular weight excluding hydrogens is 157 g/mol. The van der Waals surface area contributed by atoms with Gasteiger partial charge in [0.05, 0.1) is 0 Å². The number of carboxylic acid groups (broad SMARTS) is 1. The molecule has 53 valence electrons. The van der Waals surface area contributed by atoms with Crippen molar-refractivity contribution in [1.82, 2.24) is 6.15 Å². The van der Waals surface area contributed by atoms with E-state index in [9.17, 15) is 4.79 Å². The third kappa shape index (κ3) is 9.31. The Labute approximate surface area is 57.7 Å². The van der Waals surface area contributed by atoms with Crippen LogP contribution in [0.15, 0.2) is 0 Å². The second-order valence-electron chi connectivity index (χ2n) is 1.01. The number of aliphatic hydroxyl groups excluding tert-OH is 1. The smallest absolute Gasteiger partial charge is 0.332 e. The molecule has 0 aromatic rings. The summed E-state index contributed by atoms with van der Waals surface area (Å²) in [6.07, 6.45) is -1.23. The fourth-order valence-corrected chi connectivity index (χ4v) is 0. The van der Waals surface area contributed by atoms with E-state index < -0.39 is 12.1 Å². The molecule has 0 aliphatic rings. The molecule has 0 aliphatic heterocycles. The molecule has 0 amide bonds. The second-order valence-corrected chi connectivity index (χ2v) is 1.01. The van der Waals surface area contributed by atoms with Gasteiger partial charge in [0.2, 0.25) is 0 Å². The van der Waals surface area contributed by atoms with Gasteiger partial charge in [0.25, 0.3) is 0 Å². The zero-order valence-corrected chi connectivity index (χ0v) is 5.46. The number of hydrogen-bond donors (Lipinski definition) is 3. The van der Waals surface area contributed by atoms with Crippen molar-refractivity contribution in [3.8, 4) is 0 Å². The van der Waals surface area contributed by atoms with Gasteiger partial charge in [-0.2, -0.15) is 0 Å². The summed E-state index contributed by atoms with van der Waals surface area (Å²) in [5.74, 6) is -1.19. The summed E-state index contributed by atoms with van der Waals surface area (Å²) in [6.45, 7) is 1.20. The molecule has 0 aromatic heterocycles. The summed E-state index contributed by atoms with van der Waals surface area (Å²) in [5.41, 5.74) is 0. The Hall–Kier alpha value is -0.104. The van der Waals surface area contributed by atoms with Crippen molar-refractivity contribution in [1.29, 1.82) is 0 Å². The number of carboxylic acids is 1. The van der Waals surface area contributed by atoms with Crippen LogP contribution in [-0.2, 0) is 21.6 Å². The Morgan fingerprint density at radius 2 is 1.75 bits per heavy atom. The molecule has 5 N–H and O–H groups in total. The van der Waals surface area contributed by atoms with Gasteiger partial charge >= 0.3 is 5.97 Å². The normalized spacial score (nSPS) is 10.2. The molecule has 0 bridgehead atoms. The summed E-state index contributed by atoms with van der Waals surface area (Å²) >= 11 is 0. The fourth-order valence-electron chi connectivity index (χ4n) is 0. The third-order valence-corrected chi connectivity index (χ3v) is 0.357. The van der Waals surface area contributed by atoms with Gasteiger partial charge in [-0.15, -0.1) is 0 Å². The minimum Gasteiger partial charge on any atom is -0.479 e. The molecule has 4 nitrogen and oxygen atoms in total. The first-order valence-corrected chi connectivity index (χ1v) is 1.55. The maximum atomic E-state index is 9.45. The van der Waals surface area contributed by atoms with Crippen LogP contribution in [-0.4, -0.2) is 22.3 Å². The van der Waals surface area contributed by atoms with Crippen molar-refractivity contribution in [3.05, 3.63) is 0 Å². The molecule has 0 aliphatic carbocycles. The minimum atomic E-state index is -1.23. The number of aliphatic carboxylic acids is 1. The van der Waals surface area contributed by atoms with Gasteiger partial charge < -0.3 is 16.4 Å². The molecule has 0 aromatic carbocycles. The van der Waals surface area contributed by atoms with Gasteiger partial charge in [-0.1, -0.05) is 0 Å². The molecule has 0 spiro atoms. The molecule has 0 fully saturated rings. The second kappa shape index (κ2) is 6.90. The summed E-state index contributed by atoms with van der Waals surface area (Å²) < 4.78 is 0. The largest absolute Gasteiger partial charge is 0.479 e. The van der Waals surface area contributed by atoms with Gasteiger partial charge in [-0.3, -0.25) is 0 Å². The standard InChI is InChI=1S/C3H6O3.Co.H3N/c1-2(4)3(5)6;;/h2,4H,1H3,(H,5,6);;1H3. The van der Waals surface area contributed by atoms with Crippen LogP contribution in [0.25, 0.3) is 0 Å². The van der Waals surface area contributed by atoms with Crippen molar-refractivity contribution in [3.63, 3.8) is 0 Å². The van der Waals surface area contributed by atoms with Crippen molar-refractivity contribution in [2.24, 2.45) is 0 Å². The average Bonchev–Trinajstić information content (AvgIpc) is 1.36. The van der Waals surface area contributed by atoms with Crippen molar-refractivity contribution in [2.45, 2.75) is 13.0 Å². The van der Waals surface area contributed by atoms with Gasteiger partial charge in [-0.05, 0) is 6.92 Å². The maximum absolute atomic E-state index is 9.45. The fraction of sp³-hybridized carbons (Fsp3) is 0.667. The van der Waals surface area contributed by atoms with E-state index in [-0.39, 0.29) is 22.9 Å². The Balaban J connectivity index is -0.000000125. The summed E-state index contributed by atoms with van der Waals surface area (Å²) in [7, 11) is 0. The SMILES string of the molecule is CC(O)C(=O)O.N.[Co]. The van der Waals surface area contributed by atoms with Crippen LogP contribution < -0.4 is 6.15 Å². The van der Waals surface area contributed by atoms with E-state index in [1.165, 1.54) is 6.92 Å². The monoisotopic (exact) mass is 166 g/mol. The Bertz CT molecular complexity index is 65.5. The predicted octanol–water partition coefficient (Wildman–Crippen LogP) is -0.389. The van der Waals surface area contributed by atoms with E-state index in [1.54, 1.807) is 0 Å². The molecule has 1 unspecified atom stereocenters. The third-order valence-electron chi connectivity index (χ3n) is 0.357. The van der Waals surface area contributed by atoms with Crippen LogP contribution in [0.1, 0.15) is 6.92 Å². The first kappa shape index (κ1) is 15.7. The maximum Gasteiger partial charge on any atom is 0.332 e. The van der Waals surface area contributed by atoms with E-state index in [1.807, 2.05) is 0 Å². The quantitative estimate of drug-likeness (QED) is 0.494. The van der Waals surface area contributed by atoms with Crippen molar-refractivity contribution < 1.29 is 31.8 Å². The zero-order chi connectivity index (χ0) is 5.15. The summed E-state index contributed by atoms with van der Waals surface area (Å²) in [4.78, 5) is 9.45. The van der Waals surface area contributed by atoms with Gasteiger partial charge in [0.1, 0.15) is 6.10 Å². The molecule has 1 atom stereocenters. The van der Waals surface area contributed by atoms with Gasteiger partial charge in [0.15, 0.2) is 0 Å². The molecule has 0 rings (SSSR count). The van der Waals surface area contributed by atoms with Crippen LogP contribution in [0.4, 0.5) is 0 Å². The molecular formula is C3H9CoNO3. The number of rotatable bonds is 1. The summed E-state index contributed by atoms with van der Waals surface area (Å²) in [5, 5.41) is 15.8. The number of aliphatic hydroxyl groups is 1. The van der Waals surface area contributed by atoms with E-state index in [4.69, 9.17) is 10.2 Å². The van der Waals surface area contributed by atoms with E-state index in [0.717, 1.165) is 0 Å². The molecule has 5 heteroatoms. The van der Waals surface area contributed by atoms with E-state index >= 15 is 0 Å². The number of carbonyl (C=O) groups is 1. The first-order valence-electron chi connectivity index (χ1n) is 1.55. The summed E-state index contributed by atoms with van der Waals surface area (Å²) in [6, 6.07) is 0. The van der Waals surface area contributed by atoms with Crippen LogP contribution in [0.3, 0.4) is 0 Å². The topological polar surface area (TPSA) is 92.5 Å². The van der Waals surface area contributed by atoms with Crippen LogP contribution >= 0.6 is 0 Å². The van der Waals surface area contributed by atoms with Crippen molar-refractivity contribution >= 4 is 5.97 Å². The Kier molecular flexibility index (Phi) is 13.5. The Morgan fingerprint density at radius 1 is 1.62 bits per heavy atom. The minimum absolute atomic E-state index is 0. The Morgan fingerprint density at radius 3 is 1.75 bits per heavy atom. The van der Waals surface area contributed by atoms with E-state index in [0.29, 0.717) is 0 Å². The molecule has 0 heterocycles. The molecule has 1 radical (unpaired) electrons. The zero-order valence-electron chi connectivity index (χ0n) is 4.42. The number of hydrogen-bond acceptors (Lipinski definition) is 3. The van der Waals surface area contributed by atoms with Crippen molar-refractivity contribution in [2.75, 3.05) is 0 Å².